The van der Waals surface area contributed by atoms with Gasteiger partial charge in [0, 0.05) is 5.56 Å². The van der Waals surface area contributed by atoms with Crippen molar-refractivity contribution in [2.45, 2.75) is 25.6 Å². The topological polar surface area (TPSA) is 18.5 Å². The first kappa shape index (κ1) is 15.7. The van der Waals surface area contributed by atoms with Crippen molar-refractivity contribution in [1.82, 2.24) is 0 Å². The Morgan fingerprint density at radius 1 is 1.10 bits per heavy atom. The molecule has 2 aromatic carbocycles. The second kappa shape index (κ2) is 7.37. The molecule has 0 aliphatic carbocycles. The van der Waals surface area contributed by atoms with E-state index in [1.807, 2.05) is 43.3 Å². The Morgan fingerprint density at radius 2 is 1.81 bits per heavy atom. The van der Waals surface area contributed by atoms with E-state index in [9.17, 15) is 0 Å². The van der Waals surface area contributed by atoms with Crippen LogP contribution in [0.3, 0.4) is 0 Å². The van der Waals surface area contributed by atoms with Gasteiger partial charge in [0.1, 0.15) is 11.5 Å². The average molecular weight is 305 g/mol. The van der Waals surface area contributed by atoms with Crippen LogP contribution in [0.5, 0.6) is 11.5 Å². The molecule has 3 heteroatoms. The van der Waals surface area contributed by atoms with Gasteiger partial charge < -0.3 is 9.47 Å². The molecule has 0 spiro atoms. The van der Waals surface area contributed by atoms with Crippen LogP contribution in [-0.2, 0) is 6.42 Å². The monoisotopic (exact) mass is 304 g/mol. The summed E-state index contributed by atoms with van der Waals surface area (Å²) < 4.78 is 10.9. The van der Waals surface area contributed by atoms with Gasteiger partial charge in [-0.05, 0) is 44.0 Å². The molecule has 1 unspecified atom stereocenters. The van der Waals surface area contributed by atoms with E-state index in [1.54, 1.807) is 7.11 Å². The number of aryl methyl sites for hydroxylation is 1. The Morgan fingerprint density at radius 3 is 2.43 bits per heavy atom. The molecule has 1 atom stereocenters. The Hall–Kier alpha value is -1.67. The number of rotatable bonds is 6. The third kappa shape index (κ3) is 4.15. The minimum Gasteiger partial charge on any atom is -0.497 e. The van der Waals surface area contributed by atoms with Crippen LogP contribution in [0.2, 0.25) is 0 Å². The van der Waals surface area contributed by atoms with Crippen molar-refractivity contribution < 1.29 is 9.47 Å². The number of hydrogen-bond donors (Lipinski definition) is 0. The molecule has 112 valence electrons. The van der Waals surface area contributed by atoms with E-state index in [4.69, 9.17) is 21.1 Å². The predicted molar refractivity (Wildman–Crippen MR) is 87.6 cm³/mol. The fourth-order valence-corrected chi connectivity index (χ4v) is 2.63. The van der Waals surface area contributed by atoms with Crippen LogP contribution in [0.25, 0.3) is 0 Å². The molecule has 0 radical (unpaired) electrons. The summed E-state index contributed by atoms with van der Waals surface area (Å²) in [5.41, 5.74) is 3.42. The lowest BCUT2D eigenvalue weighted by Crippen LogP contribution is -2.02. The third-order valence-corrected chi connectivity index (χ3v) is 3.77. The number of ether oxygens (including phenoxy) is 2. The molecule has 0 N–H and O–H groups in total. The molecule has 0 fully saturated rings. The van der Waals surface area contributed by atoms with Crippen LogP contribution < -0.4 is 9.47 Å². The molecule has 0 bridgehead atoms. The van der Waals surface area contributed by atoms with Crippen molar-refractivity contribution >= 4 is 11.6 Å². The van der Waals surface area contributed by atoms with Gasteiger partial charge >= 0.3 is 0 Å². The van der Waals surface area contributed by atoms with Crippen molar-refractivity contribution in [1.29, 1.82) is 0 Å². The summed E-state index contributed by atoms with van der Waals surface area (Å²) in [6.07, 6.45) is 0.759. The van der Waals surface area contributed by atoms with E-state index < -0.39 is 0 Å². The third-order valence-electron chi connectivity index (χ3n) is 3.38. The van der Waals surface area contributed by atoms with Gasteiger partial charge in [-0.3, -0.25) is 0 Å². The maximum atomic E-state index is 6.62. The number of benzene rings is 2. The first-order valence-corrected chi connectivity index (χ1v) is 7.58. The average Bonchev–Trinajstić information content (AvgIpc) is 2.50. The predicted octanol–water partition coefficient (Wildman–Crippen LogP) is 4.92. The fourth-order valence-electron chi connectivity index (χ4n) is 2.28. The lowest BCUT2D eigenvalue weighted by Gasteiger charge is -2.16. The summed E-state index contributed by atoms with van der Waals surface area (Å²) in [4.78, 5) is 0. The molecule has 21 heavy (non-hydrogen) atoms. The Kier molecular flexibility index (Phi) is 5.51. The zero-order valence-electron chi connectivity index (χ0n) is 12.7. The smallest absolute Gasteiger partial charge is 0.123 e. The Labute approximate surface area is 131 Å². The molecule has 0 saturated heterocycles. The molecule has 0 aliphatic heterocycles. The van der Waals surface area contributed by atoms with E-state index in [2.05, 4.69) is 13.0 Å². The molecule has 2 rings (SSSR count). The summed E-state index contributed by atoms with van der Waals surface area (Å²) in [7, 11) is 1.67. The van der Waals surface area contributed by atoms with Gasteiger partial charge in [-0.15, -0.1) is 11.6 Å². The van der Waals surface area contributed by atoms with Crippen LogP contribution in [0.4, 0.5) is 0 Å². The van der Waals surface area contributed by atoms with Crippen molar-refractivity contribution in [3.05, 3.63) is 59.2 Å². The highest BCUT2D eigenvalue weighted by molar-refractivity contribution is 6.21. The number of alkyl halides is 1. The zero-order valence-corrected chi connectivity index (χ0v) is 13.5. The summed E-state index contributed by atoms with van der Waals surface area (Å²) >= 11 is 6.62. The zero-order chi connectivity index (χ0) is 15.2. The molecule has 0 heterocycles. The molecular weight excluding hydrogens is 284 g/mol. The first-order chi connectivity index (χ1) is 10.1. The van der Waals surface area contributed by atoms with Gasteiger partial charge in [-0.25, -0.2) is 0 Å². The summed E-state index contributed by atoms with van der Waals surface area (Å²) in [6.45, 7) is 4.69. The second-order valence-corrected chi connectivity index (χ2v) is 5.52. The summed E-state index contributed by atoms with van der Waals surface area (Å²) in [5.74, 6) is 1.73. The first-order valence-electron chi connectivity index (χ1n) is 7.14. The molecule has 0 aromatic heterocycles. The molecule has 0 saturated carbocycles. The van der Waals surface area contributed by atoms with Gasteiger partial charge in [0.05, 0.1) is 19.1 Å². The van der Waals surface area contributed by atoms with Crippen molar-refractivity contribution in [3.63, 3.8) is 0 Å². The molecule has 2 nitrogen and oxygen atoms in total. The van der Waals surface area contributed by atoms with Crippen LogP contribution in [0.1, 0.15) is 29.0 Å². The van der Waals surface area contributed by atoms with E-state index in [1.165, 1.54) is 11.1 Å². The standard InChI is InChI=1S/C18H21ClO2/c1-4-21-18-10-5-13(2)11-16(18)17(19)12-14-6-8-15(20-3)9-7-14/h5-11,17H,4,12H2,1-3H3. The highest BCUT2D eigenvalue weighted by Gasteiger charge is 2.15. The number of hydrogen-bond acceptors (Lipinski definition) is 2. The largest absolute Gasteiger partial charge is 0.497 e. The van der Waals surface area contributed by atoms with Crippen molar-refractivity contribution in [2.24, 2.45) is 0 Å². The maximum absolute atomic E-state index is 6.62. The van der Waals surface area contributed by atoms with Crippen molar-refractivity contribution in [2.75, 3.05) is 13.7 Å². The van der Waals surface area contributed by atoms with Gasteiger partial charge in [0.2, 0.25) is 0 Å². The van der Waals surface area contributed by atoms with E-state index in [0.29, 0.717) is 6.61 Å². The van der Waals surface area contributed by atoms with Gasteiger partial charge in [-0.1, -0.05) is 29.8 Å². The SMILES string of the molecule is CCOc1ccc(C)cc1C(Cl)Cc1ccc(OC)cc1. The molecule has 0 aliphatic rings. The van der Waals surface area contributed by atoms with Gasteiger partial charge in [0.25, 0.3) is 0 Å². The van der Waals surface area contributed by atoms with E-state index in [0.717, 1.165) is 23.5 Å². The van der Waals surface area contributed by atoms with Crippen LogP contribution in [-0.4, -0.2) is 13.7 Å². The Balaban J connectivity index is 2.18. The quantitative estimate of drug-likeness (QED) is 0.705. The van der Waals surface area contributed by atoms with Gasteiger partial charge in [0.15, 0.2) is 0 Å². The summed E-state index contributed by atoms with van der Waals surface area (Å²) in [6, 6.07) is 14.2. The lowest BCUT2D eigenvalue weighted by molar-refractivity contribution is 0.336. The lowest BCUT2D eigenvalue weighted by atomic mass is 10.0. The number of methoxy groups -OCH3 is 1. The second-order valence-electron chi connectivity index (χ2n) is 4.99. The highest BCUT2D eigenvalue weighted by atomic mass is 35.5. The highest BCUT2D eigenvalue weighted by Crippen LogP contribution is 2.33. The van der Waals surface area contributed by atoms with E-state index in [-0.39, 0.29) is 5.38 Å². The fraction of sp³-hybridized carbons (Fsp3) is 0.333. The normalized spacial score (nSPS) is 12.0. The van der Waals surface area contributed by atoms with Gasteiger partial charge in [-0.2, -0.15) is 0 Å². The van der Waals surface area contributed by atoms with Crippen LogP contribution >= 0.6 is 11.6 Å². The van der Waals surface area contributed by atoms with Crippen molar-refractivity contribution in [3.8, 4) is 11.5 Å². The maximum Gasteiger partial charge on any atom is 0.123 e. The minimum absolute atomic E-state index is 0.111. The van der Waals surface area contributed by atoms with Crippen LogP contribution in [0, 0.1) is 6.92 Å². The minimum atomic E-state index is -0.111. The Bertz CT molecular complexity index is 578. The van der Waals surface area contributed by atoms with E-state index >= 15 is 0 Å². The molecule has 0 amide bonds. The number of halogens is 1. The summed E-state index contributed by atoms with van der Waals surface area (Å²) in [5, 5.41) is -0.111. The molecule has 2 aromatic rings. The van der Waals surface area contributed by atoms with Crippen LogP contribution in [0.15, 0.2) is 42.5 Å². The molecular formula is C18H21ClO2.